The molecule has 0 spiro atoms. The third-order valence-electron chi connectivity index (χ3n) is 3.78. The lowest BCUT2D eigenvalue weighted by molar-refractivity contribution is -0.642. The van der Waals surface area contributed by atoms with E-state index >= 15 is 0 Å². The van der Waals surface area contributed by atoms with Crippen molar-refractivity contribution >= 4 is 27.2 Å². The molecule has 0 N–H and O–H groups in total. The first-order valence-corrected chi connectivity index (χ1v) is 7.10. The lowest BCUT2D eigenvalue weighted by Gasteiger charge is -1.90. The zero-order chi connectivity index (χ0) is 12.4. The summed E-state index contributed by atoms with van der Waals surface area (Å²) in [6.45, 7) is 0.975. The smallest absolute Gasteiger partial charge is 0.271 e. The first-order chi connectivity index (χ1) is 9.42. The van der Waals surface area contributed by atoms with Crippen LogP contribution in [0.5, 0.6) is 0 Å². The molecule has 4 aromatic rings. The molecule has 0 amide bonds. The van der Waals surface area contributed by atoms with Crippen molar-refractivity contribution in [3.8, 4) is 10.6 Å². The summed E-state index contributed by atoms with van der Waals surface area (Å²) in [4.78, 5) is 4.50. The maximum absolute atomic E-state index is 4.50. The molecule has 1 aliphatic rings. The van der Waals surface area contributed by atoms with Crippen molar-refractivity contribution in [3.05, 3.63) is 54.5 Å². The van der Waals surface area contributed by atoms with Crippen molar-refractivity contribution < 1.29 is 4.57 Å². The molecule has 0 bridgehead atoms. The Morgan fingerprint density at radius 1 is 1.21 bits per heavy atom. The molecule has 0 saturated carbocycles. The van der Waals surface area contributed by atoms with Gasteiger partial charge in [0.15, 0.2) is 12.2 Å². The van der Waals surface area contributed by atoms with E-state index in [0.717, 1.165) is 12.2 Å². The molecule has 1 aromatic carbocycles. The summed E-state index contributed by atoms with van der Waals surface area (Å²) in [6, 6.07) is 10.6. The van der Waals surface area contributed by atoms with Gasteiger partial charge in [0.05, 0.1) is 11.8 Å². The van der Waals surface area contributed by atoms with Gasteiger partial charge in [0.2, 0.25) is 5.52 Å². The lowest BCUT2D eigenvalue weighted by Crippen LogP contribution is -2.29. The van der Waals surface area contributed by atoms with Crippen molar-refractivity contribution in [2.75, 3.05) is 0 Å². The largest absolute Gasteiger partial charge is 0.300 e. The van der Waals surface area contributed by atoms with Crippen LogP contribution in [0.25, 0.3) is 26.4 Å². The third-order valence-corrected chi connectivity index (χ3v) is 5.01. The van der Waals surface area contributed by atoms with Gasteiger partial charge in [-0.3, -0.25) is 0 Å². The zero-order valence-corrected chi connectivity index (χ0v) is 10.9. The van der Waals surface area contributed by atoms with Crippen LogP contribution in [0.1, 0.15) is 5.56 Å². The van der Waals surface area contributed by atoms with Crippen LogP contribution < -0.4 is 4.57 Å². The summed E-state index contributed by atoms with van der Waals surface area (Å²) in [5, 5.41) is 1.36. The minimum Gasteiger partial charge on any atom is -0.300 e. The second kappa shape index (κ2) is 3.22. The average molecular weight is 264 g/mol. The van der Waals surface area contributed by atoms with Crippen LogP contribution >= 0.6 is 11.3 Å². The molecule has 0 saturated heterocycles. The minimum atomic E-state index is 0.975. The van der Waals surface area contributed by atoms with Crippen molar-refractivity contribution in [2.45, 2.75) is 6.54 Å². The topological polar surface area (TPSA) is 21.2 Å². The first-order valence-electron chi connectivity index (χ1n) is 6.28. The van der Waals surface area contributed by atoms with E-state index in [1.54, 1.807) is 0 Å². The second-order valence-corrected chi connectivity index (χ2v) is 5.84. The van der Waals surface area contributed by atoms with Gasteiger partial charge in [-0.1, -0.05) is 29.5 Å². The van der Waals surface area contributed by atoms with E-state index in [1.807, 2.05) is 23.6 Å². The number of hydrogen-bond acceptors (Lipinski definition) is 2. The molecule has 0 atom stereocenters. The molecule has 0 fully saturated rings. The quantitative estimate of drug-likeness (QED) is 0.394. The van der Waals surface area contributed by atoms with Crippen LogP contribution in [0.2, 0.25) is 0 Å². The number of fused-ring (bicyclic) bond motifs is 7. The predicted octanol–water partition coefficient (Wildman–Crippen LogP) is 2.87. The Morgan fingerprint density at radius 2 is 2.16 bits per heavy atom. The molecule has 0 unspecified atom stereocenters. The van der Waals surface area contributed by atoms with E-state index in [-0.39, 0.29) is 0 Å². The first kappa shape index (κ1) is 9.69. The highest BCUT2D eigenvalue weighted by Crippen LogP contribution is 2.36. The summed E-state index contributed by atoms with van der Waals surface area (Å²) in [7, 11) is 0. The summed E-state index contributed by atoms with van der Waals surface area (Å²) in [6.07, 6.45) is 6.10. The fourth-order valence-corrected chi connectivity index (χ4v) is 4.21. The Labute approximate surface area is 113 Å². The molecule has 3 aromatic heterocycles. The maximum atomic E-state index is 4.50. The molecule has 4 heteroatoms. The predicted molar refractivity (Wildman–Crippen MR) is 75.3 cm³/mol. The van der Waals surface area contributed by atoms with E-state index in [0.29, 0.717) is 0 Å². The van der Waals surface area contributed by atoms with Gasteiger partial charge in [-0.05, 0) is 12.1 Å². The van der Waals surface area contributed by atoms with Crippen molar-refractivity contribution in [1.82, 2.24) is 9.38 Å². The summed E-state index contributed by atoms with van der Waals surface area (Å²) in [5.74, 6) is 0. The van der Waals surface area contributed by atoms with Gasteiger partial charge in [0.1, 0.15) is 4.70 Å². The van der Waals surface area contributed by atoms with E-state index in [4.69, 9.17) is 0 Å². The fraction of sp³-hybridized carbons (Fsp3) is 0.0667. The molecule has 19 heavy (non-hydrogen) atoms. The van der Waals surface area contributed by atoms with Gasteiger partial charge in [-0.25, -0.2) is 4.98 Å². The van der Waals surface area contributed by atoms with E-state index in [2.05, 4.69) is 50.6 Å². The molecule has 0 aliphatic carbocycles. The number of nitrogens with zero attached hydrogens (tertiary/aromatic N) is 3. The Kier molecular flexibility index (Phi) is 1.64. The van der Waals surface area contributed by atoms with Crippen molar-refractivity contribution in [3.63, 3.8) is 0 Å². The highest BCUT2D eigenvalue weighted by Gasteiger charge is 2.32. The molecular formula is C15H10N3S+. The van der Waals surface area contributed by atoms with Crippen LogP contribution in [0.15, 0.2) is 48.9 Å². The summed E-state index contributed by atoms with van der Waals surface area (Å²) in [5.41, 5.74) is 5.13. The van der Waals surface area contributed by atoms with Gasteiger partial charge in [0, 0.05) is 18.0 Å². The van der Waals surface area contributed by atoms with Crippen LogP contribution in [-0.2, 0) is 6.54 Å². The second-order valence-electron chi connectivity index (χ2n) is 4.84. The van der Waals surface area contributed by atoms with Gasteiger partial charge in [0.25, 0.3) is 5.01 Å². The molecule has 0 radical (unpaired) electrons. The number of benzene rings is 1. The molecule has 4 heterocycles. The monoisotopic (exact) mass is 264 g/mol. The number of aromatic nitrogens is 3. The fourth-order valence-electron chi connectivity index (χ4n) is 2.91. The Balaban J connectivity index is 1.93. The number of thiazole rings is 1. The highest BCUT2D eigenvalue weighted by molar-refractivity contribution is 7.22. The number of hydrogen-bond donors (Lipinski definition) is 0. The zero-order valence-electron chi connectivity index (χ0n) is 10.1. The van der Waals surface area contributed by atoms with Crippen molar-refractivity contribution in [1.29, 1.82) is 0 Å². The molecule has 1 aliphatic heterocycles. The van der Waals surface area contributed by atoms with Crippen LogP contribution in [0.4, 0.5) is 0 Å². The van der Waals surface area contributed by atoms with Gasteiger partial charge < -0.3 is 4.40 Å². The highest BCUT2D eigenvalue weighted by atomic mass is 32.1. The molecule has 90 valence electrons. The van der Waals surface area contributed by atoms with Crippen LogP contribution in [-0.4, -0.2) is 9.38 Å². The normalized spacial score (nSPS) is 13.1. The van der Waals surface area contributed by atoms with E-state index in [9.17, 15) is 0 Å². The van der Waals surface area contributed by atoms with E-state index < -0.39 is 0 Å². The third kappa shape index (κ3) is 1.12. The lowest BCUT2D eigenvalue weighted by atomic mass is 10.1. The van der Waals surface area contributed by atoms with Crippen LogP contribution in [0.3, 0.4) is 0 Å². The number of rotatable bonds is 0. The minimum absolute atomic E-state index is 0.975. The molecular weight excluding hydrogens is 254 g/mol. The Bertz CT molecular complexity index is 949. The standard InChI is InChI=1S/C15H10N3S/c1-2-5-11-10(4-1)8-18-12-9-17-7-3-6-16-14(17)13(12)19-15(11)18/h1-7,9H,8H2/q+1. The molecule has 5 rings (SSSR count). The maximum Gasteiger partial charge on any atom is 0.271 e. The van der Waals surface area contributed by atoms with Crippen molar-refractivity contribution in [2.24, 2.45) is 0 Å². The van der Waals surface area contributed by atoms with E-state index in [1.165, 1.54) is 26.4 Å². The molecule has 3 nitrogen and oxygen atoms in total. The summed E-state index contributed by atoms with van der Waals surface area (Å²) < 4.78 is 5.79. The van der Waals surface area contributed by atoms with Gasteiger partial charge >= 0.3 is 0 Å². The summed E-state index contributed by atoms with van der Waals surface area (Å²) >= 11 is 1.84. The van der Waals surface area contributed by atoms with Gasteiger partial charge in [-0.2, -0.15) is 4.57 Å². The Morgan fingerprint density at radius 3 is 3.16 bits per heavy atom. The Hall–Kier alpha value is -2.20. The van der Waals surface area contributed by atoms with Gasteiger partial charge in [-0.15, -0.1) is 0 Å². The SMILES string of the molecule is c1ccc2c(c1)C[n+]1c-2sc2c3ncccn3cc21. The average Bonchev–Trinajstić information content (AvgIpc) is 3.07. The van der Waals surface area contributed by atoms with Crippen LogP contribution in [0, 0.1) is 0 Å².